The van der Waals surface area contributed by atoms with Crippen molar-refractivity contribution in [1.29, 1.82) is 0 Å². The zero-order valence-corrected chi connectivity index (χ0v) is 17.7. The van der Waals surface area contributed by atoms with Crippen LogP contribution in [-0.4, -0.2) is 110 Å². The Bertz CT molecular complexity index is 841. The van der Waals surface area contributed by atoms with Crippen LogP contribution < -0.4 is 20.1 Å². The molecule has 31 heavy (non-hydrogen) atoms. The average molecular weight is 432 g/mol. The number of nitrogens with one attached hydrogen (secondary N) is 2. The van der Waals surface area contributed by atoms with Gasteiger partial charge in [-0.05, 0) is 24.3 Å². The number of methoxy groups -OCH3 is 1. The van der Waals surface area contributed by atoms with Crippen LogP contribution in [0.15, 0.2) is 29.3 Å². The second-order valence-corrected chi connectivity index (χ2v) is 7.72. The highest BCUT2D eigenvalue weighted by molar-refractivity contribution is 6.03. The van der Waals surface area contributed by atoms with Crippen LogP contribution in [0.2, 0.25) is 0 Å². The van der Waals surface area contributed by atoms with Crippen molar-refractivity contribution in [2.45, 2.75) is 18.3 Å². The molecular formula is C20H28N6O5. The topological polar surface area (TPSA) is 119 Å². The van der Waals surface area contributed by atoms with Gasteiger partial charge in [0.2, 0.25) is 0 Å². The number of aliphatic hydroxyl groups excluding tert-OH is 1. The van der Waals surface area contributed by atoms with E-state index in [1.165, 1.54) is 4.90 Å². The highest BCUT2D eigenvalue weighted by Gasteiger charge is 2.50. The summed E-state index contributed by atoms with van der Waals surface area (Å²) in [6.07, 6.45) is -1.49. The highest BCUT2D eigenvalue weighted by Crippen LogP contribution is 2.26. The number of aliphatic hydroxyl groups is 1. The minimum absolute atomic E-state index is 0.0471. The number of ether oxygens (including phenoxy) is 2. The van der Waals surface area contributed by atoms with E-state index in [-0.39, 0.29) is 13.2 Å². The van der Waals surface area contributed by atoms with Gasteiger partial charge in [0, 0.05) is 33.2 Å². The maximum absolute atomic E-state index is 12.7. The number of benzene rings is 1. The zero-order chi connectivity index (χ0) is 22.0. The van der Waals surface area contributed by atoms with E-state index in [2.05, 4.69) is 15.5 Å². The van der Waals surface area contributed by atoms with Crippen molar-refractivity contribution in [1.82, 2.24) is 25.3 Å². The molecule has 3 aliphatic rings. The molecule has 2 fully saturated rings. The van der Waals surface area contributed by atoms with Crippen molar-refractivity contribution in [2.75, 3.05) is 53.5 Å². The molecule has 168 valence electrons. The molecule has 4 rings (SSSR count). The SMILES string of the molecule is COc1ccc(OCC(O)CN2C(N3CCNCC3)=NC3C2C(=O)NC(=O)N3C)cc1. The van der Waals surface area contributed by atoms with Crippen LogP contribution in [0.5, 0.6) is 11.5 Å². The molecular weight excluding hydrogens is 404 g/mol. The predicted molar refractivity (Wildman–Crippen MR) is 112 cm³/mol. The van der Waals surface area contributed by atoms with E-state index < -0.39 is 30.2 Å². The molecule has 3 amide bonds. The summed E-state index contributed by atoms with van der Waals surface area (Å²) in [7, 11) is 3.21. The fourth-order valence-corrected chi connectivity index (χ4v) is 3.98. The number of piperazine rings is 1. The van der Waals surface area contributed by atoms with E-state index in [4.69, 9.17) is 14.5 Å². The first-order valence-electron chi connectivity index (χ1n) is 10.3. The Balaban J connectivity index is 1.47. The first-order valence-corrected chi connectivity index (χ1v) is 10.3. The zero-order valence-electron chi connectivity index (χ0n) is 17.7. The molecule has 3 aliphatic heterocycles. The summed E-state index contributed by atoms with van der Waals surface area (Å²) in [5.74, 6) is 1.53. The lowest BCUT2D eigenvalue weighted by atomic mass is 10.1. The fourth-order valence-electron chi connectivity index (χ4n) is 3.98. The van der Waals surface area contributed by atoms with Crippen LogP contribution >= 0.6 is 0 Å². The van der Waals surface area contributed by atoms with E-state index in [9.17, 15) is 14.7 Å². The Hall–Kier alpha value is -3.05. The number of hydrogen-bond donors (Lipinski definition) is 3. The molecule has 11 nitrogen and oxygen atoms in total. The summed E-state index contributed by atoms with van der Waals surface area (Å²) in [5, 5.41) is 16.4. The molecule has 1 aromatic rings. The van der Waals surface area contributed by atoms with Gasteiger partial charge < -0.3 is 34.6 Å². The minimum atomic E-state index is -0.871. The quantitative estimate of drug-likeness (QED) is 0.518. The standard InChI is InChI=1S/C20H28N6O5/c1-24-17-16(18(28)23-20(24)29)26(19(22-17)25-9-7-21-8-10-25)11-13(27)12-31-15-5-3-14(30-2)4-6-15/h3-6,13,16-17,21,27H,7-12H2,1-2H3,(H,23,28,29). The monoisotopic (exact) mass is 432 g/mol. The third-order valence-corrected chi connectivity index (χ3v) is 5.65. The predicted octanol–water partition coefficient (Wildman–Crippen LogP) is -1.11. The molecule has 0 bridgehead atoms. The van der Waals surface area contributed by atoms with Gasteiger partial charge in [0.15, 0.2) is 18.2 Å². The fraction of sp³-hybridized carbons (Fsp3) is 0.550. The number of carbonyl (C=O) groups excluding carboxylic acids is 2. The van der Waals surface area contributed by atoms with Crippen LogP contribution in [0.3, 0.4) is 0 Å². The van der Waals surface area contributed by atoms with Gasteiger partial charge in [-0.2, -0.15) is 0 Å². The average Bonchev–Trinajstić information content (AvgIpc) is 3.17. The molecule has 0 saturated carbocycles. The number of fused-ring (bicyclic) bond motifs is 1. The number of rotatable bonds is 6. The van der Waals surface area contributed by atoms with E-state index in [1.54, 1.807) is 43.3 Å². The van der Waals surface area contributed by atoms with Crippen molar-refractivity contribution in [3.8, 4) is 11.5 Å². The maximum atomic E-state index is 12.7. The molecule has 0 aliphatic carbocycles. The Kier molecular flexibility index (Phi) is 6.14. The molecule has 0 aromatic heterocycles. The third kappa shape index (κ3) is 4.37. The Morgan fingerprint density at radius 2 is 1.87 bits per heavy atom. The van der Waals surface area contributed by atoms with Crippen LogP contribution in [0.25, 0.3) is 0 Å². The summed E-state index contributed by atoms with van der Waals surface area (Å²) < 4.78 is 10.8. The van der Waals surface area contributed by atoms with E-state index in [0.717, 1.165) is 31.9 Å². The van der Waals surface area contributed by atoms with Gasteiger partial charge in [0.1, 0.15) is 24.2 Å². The molecule has 0 spiro atoms. The van der Waals surface area contributed by atoms with Gasteiger partial charge >= 0.3 is 6.03 Å². The normalized spacial score (nSPS) is 24.5. The van der Waals surface area contributed by atoms with Crippen LogP contribution in [0.1, 0.15) is 0 Å². The Morgan fingerprint density at radius 1 is 1.19 bits per heavy atom. The lowest BCUT2D eigenvalue weighted by Gasteiger charge is -2.39. The lowest BCUT2D eigenvalue weighted by Crippen LogP contribution is -2.65. The van der Waals surface area contributed by atoms with Gasteiger partial charge in [-0.1, -0.05) is 0 Å². The van der Waals surface area contributed by atoms with Gasteiger partial charge in [0.05, 0.1) is 13.7 Å². The summed E-state index contributed by atoms with van der Waals surface area (Å²) in [5.41, 5.74) is 0. The van der Waals surface area contributed by atoms with Gasteiger partial charge in [-0.25, -0.2) is 9.79 Å². The molecule has 0 radical (unpaired) electrons. The summed E-state index contributed by atoms with van der Waals surface area (Å²) in [4.78, 5) is 34.7. The smallest absolute Gasteiger partial charge is 0.325 e. The second-order valence-electron chi connectivity index (χ2n) is 7.72. The number of likely N-dealkylation sites (N-methyl/N-ethyl adjacent to an activating group) is 1. The van der Waals surface area contributed by atoms with Crippen molar-refractivity contribution < 1.29 is 24.2 Å². The summed E-state index contributed by atoms with van der Waals surface area (Å²) in [6, 6.07) is 5.92. The molecule has 1 aromatic carbocycles. The number of urea groups is 1. The largest absolute Gasteiger partial charge is 0.497 e. The van der Waals surface area contributed by atoms with Crippen LogP contribution in [-0.2, 0) is 4.79 Å². The third-order valence-electron chi connectivity index (χ3n) is 5.65. The molecule has 11 heteroatoms. The first kappa shape index (κ1) is 21.2. The number of β-amino-alcohol motifs (C(OH)–C–C–N with tert-alkyl or cyclic N) is 1. The lowest BCUT2D eigenvalue weighted by molar-refractivity contribution is -0.127. The molecule has 2 saturated heterocycles. The number of amides is 3. The number of hydrogen-bond acceptors (Lipinski definition) is 9. The Morgan fingerprint density at radius 3 is 2.55 bits per heavy atom. The number of imide groups is 1. The minimum Gasteiger partial charge on any atom is -0.497 e. The van der Waals surface area contributed by atoms with Gasteiger partial charge in [-0.15, -0.1) is 0 Å². The van der Waals surface area contributed by atoms with Crippen molar-refractivity contribution in [3.05, 3.63) is 24.3 Å². The number of nitrogens with zero attached hydrogens (tertiary/aromatic N) is 4. The first-order chi connectivity index (χ1) is 15.0. The number of carbonyl (C=O) groups is 2. The van der Waals surface area contributed by atoms with Crippen molar-refractivity contribution in [2.24, 2.45) is 4.99 Å². The van der Waals surface area contributed by atoms with E-state index in [1.807, 2.05) is 0 Å². The molecule has 3 N–H and O–H groups in total. The summed E-state index contributed by atoms with van der Waals surface area (Å²) >= 11 is 0. The van der Waals surface area contributed by atoms with Crippen LogP contribution in [0, 0.1) is 0 Å². The molecule has 3 heterocycles. The van der Waals surface area contributed by atoms with Crippen molar-refractivity contribution >= 4 is 17.9 Å². The van der Waals surface area contributed by atoms with Crippen LogP contribution in [0.4, 0.5) is 4.79 Å². The highest BCUT2D eigenvalue weighted by atomic mass is 16.5. The Labute approximate surface area is 180 Å². The van der Waals surface area contributed by atoms with E-state index >= 15 is 0 Å². The molecule has 3 unspecified atom stereocenters. The summed E-state index contributed by atoms with van der Waals surface area (Å²) in [6.45, 7) is 3.25. The van der Waals surface area contributed by atoms with Crippen molar-refractivity contribution in [3.63, 3.8) is 0 Å². The van der Waals surface area contributed by atoms with E-state index in [0.29, 0.717) is 11.7 Å². The number of aliphatic imine (C=N–C) groups is 1. The maximum Gasteiger partial charge on any atom is 0.325 e. The van der Waals surface area contributed by atoms with Gasteiger partial charge in [-0.3, -0.25) is 10.1 Å². The van der Waals surface area contributed by atoms with Gasteiger partial charge in [0.25, 0.3) is 5.91 Å². The number of guanidine groups is 1. The molecule has 3 atom stereocenters. The second kappa shape index (κ2) is 8.98.